The first-order valence-electron chi connectivity index (χ1n) is 9.50. The van der Waals surface area contributed by atoms with Gasteiger partial charge in [0.2, 0.25) is 0 Å². The van der Waals surface area contributed by atoms with Gasteiger partial charge in [-0.2, -0.15) is 0 Å². The third kappa shape index (κ3) is 4.01. The monoisotopic (exact) mass is 364 g/mol. The number of hydrogen-bond acceptors (Lipinski definition) is 5. The van der Waals surface area contributed by atoms with Crippen LogP contribution in [0.25, 0.3) is 10.9 Å². The Kier molecular flexibility index (Phi) is 5.16. The molecule has 1 N–H and O–H groups in total. The van der Waals surface area contributed by atoms with Gasteiger partial charge < -0.3 is 9.72 Å². The Morgan fingerprint density at radius 3 is 3.04 bits per heavy atom. The largest absolute Gasteiger partial charge is 0.494 e. The number of fused-ring (bicyclic) bond motifs is 1. The van der Waals surface area contributed by atoms with Crippen LogP contribution in [0.5, 0.6) is 5.75 Å². The molecule has 1 fully saturated rings. The molecule has 1 saturated heterocycles. The molecule has 0 bridgehead atoms. The van der Waals surface area contributed by atoms with Crippen molar-refractivity contribution in [2.75, 3.05) is 19.7 Å². The van der Waals surface area contributed by atoms with Crippen LogP contribution in [-0.2, 0) is 6.54 Å². The summed E-state index contributed by atoms with van der Waals surface area (Å²) in [7, 11) is 0. The van der Waals surface area contributed by atoms with Crippen LogP contribution >= 0.6 is 0 Å². The van der Waals surface area contributed by atoms with Crippen LogP contribution in [0.1, 0.15) is 36.9 Å². The number of H-pyrrole nitrogens is 1. The molecule has 0 amide bonds. The average Bonchev–Trinajstić information content (AvgIpc) is 2.70. The molecule has 140 valence electrons. The van der Waals surface area contributed by atoms with E-state index in [-0.39, 0.29) is 5.56 Å². The van der Waals surface area contributed by atoms with E-state index in [1.54, 1.807) is 12.5 Å². The predicted molar refractivity (Wildman–Crippen MR) is 105 cm³/mol. The second-order valence-electron chi connectivity index (χ2n) is 7.01. The van der Waals surface area contributed by atoms with Crippen molar-refractivity contribution in [1.82, 2.24) is 19.9 Å². The van der Waals surface area contributed by atoms with Gasteiger partial charge in [-0.3, -0.25) is 9.69 Å². The predicted octanol–water partition coefficient (Wildman–Crippen LogP) is 3.10. The van der Waals surface area contributed by atoms with E-state index in [2.05, 4.69) is 19.9 Å². The molecule has 27 heavy (non-hydrogen) atoms. The minimum atomic E-state index is -0.0178. The van der Waals surface area contributed by atoms with Crippen molar-refractivity contribution in [3.8, 4) is 5.75 Å². The summed E-state index contributed by atoms with van der Waals surface area (Å²) < 4.78 is 5.58. The maximum absolute atomic E-state index is 12.5. The van der Waals surface area contributed by atoms with Crippen molar-refractivity contribution in [2.24, 2.45) is 0 Å². The standard InChI is InChI=1S/C21H24N4O2/c1-2-27-18-5-6-20-16(11-18)10-17(21(26)24-20)13-25-9-3-4-15(12-25)19-7-8-22-14-23-19/h5-8,10-11,14-15H,2-4,9,12-13H2,1H3,(H,24,26)/t15-/m1/s1. The molecule has 0 saturated carbocycles. The first kappa shape index (κ1) is 17.7. The molecule has 1 atom stereocenters. The number of nitrogens with one attached hydrogen (secondary N) is 1. The lowest BCUT2D eigenvalue weighted by Gasteiger charge is -2.32. The van der Waals surface area contributed by atoms with E-state index in [4.69, 9.17) is 4.74 Å². The zero-order valence-electron chi connectivity index (χ0n) is 15.5. The number of nitrogens with zero attached hydrogens (tertiary/aromatic N) is 3. The SMILES string of the molecule is CCOc1ccc2[nH]c(=O)c(CN3CCC[C@@H](c4ccncn4)C3)cc2c1. The molecule has 4 rings (SSSR count). The maximum Gasteiger partial charge on any atom is 0.252 e. The minimum absolute atomic E-state index is 0.0178. The molecule has 3 heterocycles. The number of piperidine rings is 1. The van der Waals surface area contributed by atoms with E-state index in [9.17, 15) is 4.79 Å². The van der Waals surface area contributed by atoms with Crippen molar-refractivity contribution in [3.05, 3.63) is 64.5 Å². The van der Waals surface area contributed by atoms with E-state index in [1.807, 2.05) is 37.3 Å². The van der Waals surface area contributed by atoms with Crippen LogP contribution < -0.4 is 10.3 Å². The Morgan fingerprint density at radius 1 is 1.30 bits per heavy atom. The van der Waals surface area contributed by atoms with E-state index in [1.165, 1.54) is 0 Å². The van der Waals surface area contributed by atoms with Crippen LogP contribution in [-0.4, -0.2) is 39.5 Å². The molecule has 3 aromatic rings. The van der Waals surface area contributed by atoms with Gasteiger partial charge in [0.05, 0.1) is 6.61 Å². The van der Waals surface area contributed by atoms with Crippen LogP contribution in [0.15, 0.2) is 47.7 Å². The zero-order valence-corrected chi connectivity index (χ0v) is 15.5. The average molecular weight is 364 g/mol. The molecule has 1 aromatic carbocycles. The number of pyridine rings is 1. The topological polar surface area (TPSA) is 71.1 Å². The van der Waals surface area contributed by atoms with Gasteiger partial charge in [-0.1, -0.05) is 0 Å². The highest BCUT2D eigenvalue weighted by Gasteiger charge is 2.23. The van der Waals surface area contributed by atoms with Gasteiger partial charge >= 0.3 is 0 Å². The van der Waals surface area contributed by atoms with Gasteiger partial charge in [-0.15, -0.1) is 0 Å². The lowest BCUT2D eigenvalue weighted by molar-refractivity contribution is 0.198. The second-order valence-corrected chi connectivity index (χ2v) is 7.01. The van der Waals surface area contributed by atoms with Crippen molar-refractivity contribution in [1.29, 1.82) is 0 Å². The van der Waals surface area contributed by atoms with E-state index >= 15 is 0 Å². The van der Waals surface area contributed by atoms with E-state index < -0.39 is 0 Å². The van der Waals surface area contributed by atoms with Crippen LogP contribution in [0.2, 0.25) is 0 Å². The highest BCUT2D eigenvalue weighted by molar-refractivity contribution is 5.80. The molecule has 2 aromatic heterocycles. The van der Waals surface area contributed by atoms with Crippen molar-refractivity contribution < 1.29 is 4.74 Å². The van der Waals surface area contributed by atoms with Gasteiger partial charge in [-0.05, 0) is 56.6 Å². The Morgan fingerprint density at radius 2 is 2.22 bits per heavy atom. The van der Waals surface area contributed by atoms with E-state index in [0.29, 0.717) is 19.1 Å². The van der Waals surface area contributed by atoms with Crippen molar-refractivity contribution in [3.63, 3.8) is 0 Å². The number of aromatic nitrogens is 3. The third-order valence-corrected chi connectivity index (χ3v) is 5.13. The lowest BCUT2D eigenvalue weighted by Crippen LogP contribution is -2.35. The Balaban J connectivity index is 1.55. The first-order valence-corrected chi connectivity index (χ1v) is 9.50. The van der Waals surface area contributed by atoms with Gasteiger partial charge in [-0.25, -0.2) is 9.97 Å². The molecule has 6 heteroatoms. The molecule has 0 aliphatic carbocycles. The fraction of sp³-hybridized carbons (Fsp3) is 0.381. The smallest absolute Gasteiger partial charge is 0.252 e. The summed E-state index contributed by atoms with van der Waals surface area (Å²) in [6.45, 7) is 5.14. The summed E-state index contributed by atoms with van der Waals surface area (Å²) in [5.74, 6) is 1.22. The number of hydrogen-bond donors (Lipinski definition) is 1. The third-order valence-electron chi connectivity index (χ3n) is 5.13. The van der Waals surface area contributed by atoms with Gasteiger partial charge in [0.15, 0.2) is 0 Å². The van der Waals surface area contributed by atoms with Crippen molar-refractivity contribution >= 4 is 10.9 Å². The second kappa shape index (κ2) is 7.88. The normalized spacial score (nSPS) is 17.9. The Bertz CT molecular complexity index is 971. The molecule has 1 aliphatic rings. The number of ether oxygens (including phenoxy) is 1. The fourth-order valence-electron chi connectivity index (χ4n) is 3.83. The molecular formula is C21H24N4O2. The first-order chi connectivity index (χ1) is 13.2. The quantitative estimate of drug-likeness (QED) is 0.753. The molecular weight excluding hydrogens is 340 g/mol. The molecule has 0 radical (unpaired) electrons. The number of rotatable bonds is 5. The van der Waals surface area contributed by atoms with Crippen LogP contribution in [0.4, 0.5) is 0 Å². The van der Waals surface area contributed by atoms with Gasteiger partial charge in [0.1, 0.15) is 12.1 Å². The summed E-state index contributed by atoms with van der Waals surface area (Å²) in [6.07, 6.45) is 5.64. The van der Waals surface area contributed by atoms with Gasteiger partial charge in [0, 0.05) is 47.4 Å². The highest BCUT2D eigenvalue weighted by atomic mass is 16.5. The van der Waals surface area contributed by atoms with Crippen LogP contribution in [0.3, 0.4) is 0 Å². The molecule has 1 aliphatic heterocycles. The summed E-state index contributed by atoms with van der Waals surface area (Å²) >= 11 is 0. The number of likely N-dealkylation sites (tertiary alicyclic amines) is 1. The molecule has 0 unspecified atom stereocenters. The van der Waals surface area contributed by atoms with Gasteiger partial charge in [0.25, 0.3) is 5.56 Å². The number of aromatic amines is 1. The Hall–Kier alpha value is -2.73. The lowest BCUT2D eigenvalue weighted by atomic mass is 9.94. The van der Waals surface area contributed by atoms with Crippen LogP contribution in [0, 0.1) is 0 Å². The van der Waals surface area contributed by atoms with Crippen molar-refractivity contribution in [2.45, 2.75) is 32.2 Å². The Labute approximate surface area is 158 Å². The molecule has 6 nitrogen and oxygen atoms in total. The van der Waals surface area contributed by atoms with E-state index in [0.717, 1.165) is 53.8 Å². The maximum atomic E-state index is 12.5. The summed E-state index contributed by atoms with van der Waals surface area (Å²) in [5, 5.41) is 1.000. The summed E-state index contributed by atoms with van der Waals surface area (Å²) in [4.78, 5) is 26.3. The minimum Gasteiger partial charge on any atom is -0.494 e. The number of benzene rings is 1. The summed E-state index contributed by atoms with van der Waals surface area (Å²) in [5.41, 5.74) is 2.70. The summed E-state index contributed by atoms with van der Waals surface area (Å²) in [6, 6.07) is 9.76. The highest BCUT2D eigenvalue weighted by Crippen LogP contribution is 2.26. The fourth-order valence-corrected chi connectivity index (χ4v) is 3.83. The zero-order chi connectivity index (χ0) is 18.6. The molecule has 0 spiro atoms.